The molecule has 2 aromatic carbocycles. The van der Waals surface area contributed by atoms with Gasteiger partial charge in [0.05, 0.1) is 0 Å². The van der Waals surface area contributed by atoms with E-state index in [4.69, 9.17) is 0 Å². The van der Waals surface area contributed by atoms with Crippen LogP contribution in [-0.4, -0.2) is 0 Å². The van der Waals surface area contributed by atoms with Crippen molar-refractivity contribution in [2.75, 3.05) is 0 Å². The smallest absolute Gasteiger partial charge is 1.00 e. The van der Waals surface area contributed by atoms with E-state index in [9.17, 15) is 0 Å². The van der Waals surface area contributed by atoms with Crippen molar-refractivity contribution in [2.24, 2.45) is 0 Å². The van der Waals surface area contributed by atoms with Gasteiger partial charge in [-0.25, -0.2) is 0 Å². The predicted octanol–water partition coefficient (Wildman–Crippen LogP) is 5.75. The molecule has 0 nitrogen and oxygen atoms in total. The largest absolute Gasteiger partial charge is 1.00 e. The summed E-state index contributed by atoms with van der Waals surface area (Å²) in [5.41, 5.74) is 6.17. The Kier molecular flexibility index (Phi) is 2.51. The first-order chi connectivity index (χ1) is 10.4. The topological polar surface area (TPSA) is 0 Å². The zero-order valence-electron chi connectivity index (χ0n) is 14.0. The molecule has 0 saturated carbocycles. The minimum absolute atomic E-state index is 0. The second kappa shape index (κ2) is 4.32. The minimum atomic E-state index is -1.85. The maximum absolute atomic E-state index is 2.53. The zero-order chi connectivity index (χ0) is 13.9. The summed E-state index contributed by atoms with van der Waals surface area (Å²) in [6.07, 6.45) is 9.81. The van der Waals surface area contributed by atoms with Gasteiger partial charge in [0, 0.05) is 0 Å². The van der Waals surface area contributed by atoms with Crippen molar-refractivity contribution in [3.05, 3.63) is 82.9 Å². The molecule has 1 heterocycles. The molecule has 0 N–H and O–H groups in total. The third kappa shape index (κ3) is 1.67. The Bertz CT molecular complexity index is 726. The van der Waals surface area contributed by atoms with Crippen LogP contribution in [0.2, 0.25) is 9.45 Å². The molecule has 2 aliphatic carbocycles. The van der Waals surface area contributed by atoms with Crippen LogP contribution in [0.4, 0.5) is 0 Å². The first kappa shape index (κ1) is 12.2. The van der Waals surface area contributed by atoms with Crippen LogP contribution >= 0.6 is 0 Å². The molecule has 1 saturated heterocycles. The fraction of sp³-hybridized carbons (Fsp3) is 0.200. The monoisotopic (exact) mass is 308 g/mol. The fourth-order valence-electron chi connectivity index (χ4n) is 4.46. The van der Waals surface area contributed by atoms with Gasteiger partial charge in [0.15, 0.2) is 0 Å². The molecule has 5 rings (SSSR count). The maximum Gasteiger partial charge on any atom is -1.00 e. The average Bonchev–Trinajstić information content (AvgIpc) is 3.03. The van der Waals surface area contributed by atoms with Crippen molar-refractivity contribution in [1.82, 2.24) is 0 Å². The van der Waals surface area contributed by atoms with Crippen molar-refractivity contribution in [1.29, 1.82) is 0 Å². The van der Waals surface area contributed by atoms with Crippen LogP contribution in [0, 0.1) is 0 Å². The summed E-state index contributed by atoms with van der Waals surface area (Å²) in [4.78, 5) is 0. The molecule has 3 aliphatic rings. The van der Waals surface area contributed by atoms with Crippen LogP contribution in [0.25, 0.3) is 12.2 Å². The van der Waals surface area contributed by atoms with Crippen molar-refractivity contribution in [3.63, 3.8) is 0 Å². The summed E-state index contributed by atoms with van der Waals surface area (Å²) in [6.45, 7) is 0. The predicted molar refractivity (Wildman–Crippen MR) is 88.3 cm³/mol. The molecular formula is C20H20Ti-2. The van der Waals surface area contributed by atoms with Gasteiger partial charge in [0.2, 0.25) is 0 Å². The molecule has 0 bridgehead atoms. The number of hydrogen-bond acceptors (Lipinski definition) is 0. The average molecular weight is 308 g/mol. The van der Waals surface area contributed by atoms with Gasteiger partial charge in [-0.2, -0.15) is 0 Å². The molecule has 0 spiro atoms. The first-order valence-electron chi connectivity index (χ1n) is 7.93. The molecule has 2 unspecified atom stereocenters. The molecule has 1 fully saturated rings. The van der Waals surface area contributed by atoms with Crippen molar-refractivity contribution in [3.8, 4) is 0 Å². The molecular weight excluding hydrogens is 288 g/mol. The minimum Gasteiger partial charge on any atom is -1.00 e. The van der Waals surface area contributed by atoms with E-state index in [1.165, 1.54) is 20.6 Å². The Hall–Kier alpha value is -1.37. The summed E-state index contributed by atoms with van der Waals surface area (Å²) in [5.74, 6) is 0. The molecule has 21 heavy (non-hydrogen) atoms. The van der Waals surface area contributed by atoms with E-state index in [1.807, 2.05) is 0 Å². The number of rotatable bonds is 2. The van der Waals surface area contributed by atoms with Gasteiger partial charge in [-0.05, 0) is 0 Å². The third-order valence-electron chi connectivity index (χ3n) is 5.66. The molecule has 106 valence electrons. The van der Waals surface area contributed by atoms with E-state index in [0.717, 1.165) is 8.45 Å². The Labute approximate surface area is 132 Å². The second-order valence-electron chi connectivity index (χ2n) is 6.66. The van der Waals surface area contributed by atoms with Crippen LogP contribution < -0.4 is 0 Å². The quantitative estimate of drug-likeness (QED) is 0.619. The molecule has 1 heteroatoms. The summed E-state index contributed by atoms with van der Waals surface area (Å²) in [5, 5.41) is 0. The van der Waals surface area contributed by atoms with Crippen LogP contribution in [0.15, 0.2) is 60.7 Å². The van der Waals surface area contributed by atoms with Crippen LogP contribution in [0.3, 0.4) is 0 Å². The first-order valence-corrected chi connectivity index (χ1v) is 11.9. The Morgan fingerprint density at radius 3 is 1.67 bits per heavy atom. The van der Waals surface area contributed by atoms with Gasteiger partial charge in [-0.15, -0.1) is 0 Å². The van der Waals surface area contributed by atoms with E-state index in [-0.39, 0.29) is 2.85 Å². The van der Waals surface area contributed by atoms with Crippen molar-refractivity contribution < 1.29 is 19.4 Å². The molecule has 2 atom stereocenters. The Morgan fingerprint density at radius 2 is 1.19 bits per heavy atom. The van der Waals surface area contributed by atoms with E-state index < -0.39 is 16.6 Å². The second-order valence-corrected chi connectivity index (χ2v) is 14.0. The van der Waals surface area contributed by atoms with Gasteiger partial charge in [0.25, 0.3) is 0 Å². The van der Waals surface area contributed by atoms with Crippen molar-refractivity contribution in [2.45, 2.75) is 17.9 Å². The number of fused-ring (bicyclic) bond motifs is 2. The van der Waals surface area contributed by atoms with Gasteiger partial charge >= 0.3 is 130 Å². The fourth-order valence-corrected chi connectivity index (χ4v) is 13.6. The molecule has 2 aromatic rings. The Morgan fingerprint density at radius 1 is 0.714 bits per heavy atom. The molecule has 0 aromatic heterocycles. The van der Waals surface area contributed by atoms with E-state index >= 15 is 0 Å². The Balaban J connectivity index is 0.000000781. The zero-order valence-corrected chi connectivity index (χ0v) is 13.6. The van der Waals surface area contributed by atoms with Gasteiger partial charge in [-0.3, -0.25) is 0 Å². The summed E-state index contributed by atoms with van der Waals surface area (Å²) in [6, 6.07) is 18.1. The number of benzene rings is 2. The molecule has 0 amide bonds. The maximum atomic E-state index is 2.53. The summed E-state index contributed by atoms with van der Waals surface area (Å²) in [7, 11) is 0. The van der Waals surface area contributed by atoms with Crippen LogP contribution in [0.1, 0.15) is 33.6 Å². The summed E-state index contributed by atoms with van der Waals surface area (Å²) >= 11 is -1.85. The normalized spacial score (nSPS) is 26.7. The van der Waals surface area contributed by atoms with E-state index in [1.54, 1.807) is 11.1 Å². The van der Waals surface area contributed by atoms with E-state index in [2.05, 4.69) is 72.8 Å². The SMILES string of the molecule is C1=C[CH]([Ti]2([CH]3C=Cc4ccccc43)[CH2][CH2]2)c2ccccc21.[H-].[H-]. The van der Waals surface area contributed by atoms with E-state index in [0.29, 0.717) is 0 Å². The number of hydrogen-bond donors (Lipinski definition) is 0. The molecule has 0 radical (unpaired) electrons. The van der Waals surface area contributed by atoms with Crippen LogP contribution in [0.5, 0.6) is 0 Å². The van der Waals surface area contributed by atoms with Gasteiger partial charge in [-0.1, -0.05) is 0 Å². The van der Waals surface area contributed by atoms with Crippen molar-refractivity contribution >= 4 is 12.2 Å². The van der Waals surface area contributed by atoms with Crippen LogP contribution in [-0.2, 0) is 16.6 Å². The van der Waals surface area contributed by atoms with Gasteiger partial charge < -0.3 is 2.85 Å². The number of allylic oxidation sites excluding steroid dienone is 2. The summed E-state index contributed by atoms with van der Waals surface area (Å²) < 4.78 is 4.63. The third-order valence-corrected chi connectivity index (χ3v) is 13.7. The van der Waals surface area contributed by atoms with Gasteiger partial charge in [0.1, 0.15) is 0 Å². The standard InChI is InChI=1S/2C9H7.C2H4.Ti.2H/c2*1-2-5-9-7-3-6-8(9)4-1;1-2;;;/h2*1-7H;1-2H2;;;/q;;;;2*-1. The molecule has 1 aliphatic heterocycles.